The SMILES string of the molecule is CCOC(=O)C(N)Cc1ccc(Cl)cc1OC. The van der Waals surface area contributed by atoms with Crippen LogP contribution in [0.15, 0.2) is 18.2 Å². The second-order valence-corrected chi connectivity index (χ2v) is 3.96. The van der Waals surface area contributed by atoms with Gasteiger partial charge in [0.25, 0.3) is 0 Å². The normalized spacial score (nSPS) is 12.0. The fourth-order valence-electron chi connectivity index (χ4n) is 1.46. The van der Waals surface area contributed by atoms with Crippen LogP contribution in [0.1, 0.15) is 12.5 Å². The molecule has 0 aliphatic rings. The molecule has 1 aromatic rings. The van der Waals surface area contributed by atoms with Crippen LogP contribution in [0.5, 0.6) is 5.75 Å². The summed E-state index contributed by atoms with van der Waals surface area (Å²) in [7, 11) is 1.55. The Morgan fingerprint density at radius 1 is 1.53 bits per heavy atom. The summed E-state index contributed by atoms with van der Waals surface area (Å²) < 4.78 is 10.0. The number of benzene rings is 1. The average Bonchev–Trinajstić information content (AvgIpc) is 2.31. The van der Waals surface area contributed by atoms with E-state index < -0.39 is 12.0 Å². The fraction of sp³-hybridized carbons (Fsp3) is 0.417. The lowest BCUT2D eigenvalue weighted by Crippen LogP contribution is -2.34. The summed E-state index contributed by atoms with van der Waals surface area (Å²) in [5.74, 6) is 0.210. The van der Waals surface area contributed by atoms with Gasteiger partial charge in [0.05, 0.1) is 13.7 Å². The molecule has 0 aliphatic carbocycles. The Morgan fingerprint density at radius 2 is 2.24 bits per heavy atom. The lowest BCUT2D eigenvalue weighted by Gasteiger charge is -2.13. The van der Waals surface area contributed by atoms with E-state index in [9.17, 15) is 4.79 Å². The van der Waals surface area contributed by atoms with Gasteiger partial charge in [-0.15, -0.1) is 0 Å². The van der Waals surface area contributed by atoms with E-state index in [4.69, 9.17) is 26.8 Å². The molecule has 17 heavy (non-hydrogen) atoms. The molecule has 0 amide bonds. The summed E-state index contributed by atoms with van der Waals surface area (Å²) in [6.45, 7) is 2.07. The van der Waals surface area contributed by atoms with Crippen LogP contribution in [0, 0.1) is 0 Å². The highest BCUT2D eigenvalue weighted by atomic mass is 35.5. The molecule has 0 aliphatic heterocycles. The van der Waals surface area contributed by atoms with Crippen LogP contribution in [-0.2, 0) is 16.0 Å². The van der Waals surface area contributed by atoms with Crippen LogP contribution in [0.2, 0.25) is 5.02 Å². The minimum absolute atomic E-state index is 0.324. The first-order chi connectivity index (χ1) is 8.08. The molecule has 4 nitrogen and oxygen atoms in total. The molecule has 1 rings (SSSR count). The number of hydrogen-bond acceptors (Lipinski definition) is 4. The zero-order chi connectivity index (χ0) is 12.8. The van der Waals surface area contributed by atoms with Gasteiger partial charge in [-0.05, 0) is 24.6 Å². The van der Waals surface area contributed by atoms with Gasteiger partial charge in [-0.1, -0.05) is 17.7 Å². The first-order valence-electron chi connectivity index (χ1n) is 5.33. The summed E-state index contributed by atoms with van der Waals surface area (Å²) >= 11 is 5.84. The fourth-order valence-corrected chi connectivity index (χ4v) is 1.62. The first-order valence-corrected chi connectivity index (χ1v) is 5.71. The van der Waals surface area contributed by atoms with E-state index in [1.54, 1.807) is 32.2 Å². The van der Waals surface area contributed by atoms with Crippen molar-refractivity contribution in [2.24, 2.45) is 5.73 Å². The maximum atomic E-state index is 11.4. The molecule has 0 spiro atoms. The molecule has 1 aromatic carbocycles. The first kappa shape index (κ1) is 13.8. The molecule has 0 radical (unpaired) electrons. The standard InChI is InChI=1S/C12H16ClNO3/c1-3-17-12(15)10(14)6-8-4-5-9(13)7-11(8)16-2/h4-5,7,10H,3,6,14H2,1-2H3. The third-order valence-corrected chi connectivity index (χ3v) is 2.51. The van der Waals surface area contributed by atoms with Gasteiger partial charge in [0, 0.05) is 11.4 Å². The number of hydrogen-bond donors (Lipinski definition) is 1. The minimum atomic E-state index is -0.690. The van der Waals surface area contributed by atoms with Crippen molar-refractivity contribution in [3.05, 3.63) is 28.8 Å². The summed E-state index contributed by atoms with van der Waals surface area (Å²) in [5.41, 5.74) is 6.56. The summed E-state index contributed by atoms with van der Waals surface area (Å²) in [6.07, 6.45) is 0.360. The smallest absolute Gasteiger partial charge is 0.323 e. The van der Waals surface area contributed by atoms with Crippen LogP contribution in [0.25, 0.3) is 0 Å². The molecule has 0 heterocycles. The topological polar surface area (TPSA) is 61.5 Å². The molecule has 1 atom stereocenters. The van der Waals surface area contributed by atoms with Gasteiger partial charge < -0.3 is 15.2 Å². The van der Waals surface area contributed by atoms with Crippen LogP contribution >= 0.6 is 11.6 Å². The molecule has 0 fully saturated rings. The maximum absolute atomic E-state index is 11.4. The van der Waals surface area contributed by atoms with Crippen LogP contribution in [0.3, 0.4) is 0 Å². The van der Waals surface area contributed by atoms with E-state index in [1.807, 2.05) is 0 Å². The third kappa shape index (κ3) is 3.91. The number of carbonyl (C=O) groups excluding carboxylic acids is 1. The Kier molecular flexibility index (Phi) is 5.25. The zero-order valence-corrected chi connectivity index (χ0v) is 10.7. The molecule has 5 heteroatoms. The largest absolute Gasteiger partial charge is 0.496 e. The van der Waals surface area contributed by atoms with Gasteiger partial charge in [0.15, 0.2) is 0 Å². The van der Waals surface area contributed by atoms with Crippen LogP contribution < -0.4 is 10.5 Å². The zero-order valence-electron chi connectivity index (χ0n) is 9.90. The van der Waals surface area contributed by atoms with Gasteiger partial charge in [0.2, 0.25) is 0 Å². The predicted molar refractivity (Wildman–Crippen MR) is 66.3 cm³/mol. The Labute approximate surface area is 106 Å². The molecule has 1 unspecified atom stereocenters. The van der Waals surface area contributed by atoms with E-state index >= 15 is 0 Å². The second-order valence-electron chi connectivity index (χ2n) is 3.52. The van der Waals surface area contributed by atoms with E-state index in [2.05, 4.69) is 0 Å². The highest BCUT2D eigenvalue weighted by molar-refractivity contribution is 6.30. The number of carbonyl (C=O) groups is 1. The summed E-state index contributed by atoms with van der Waals surface area (Å²) in [5, 5.41) is 0.579. The predicted octanol–water partition coefficient (Wildman–Crippen LogP) is 1.78. The van der Waals surface area contributed by atoms with Crippen molar-refractivity contribution in [2.75, 3.05) is 13.7 Å². The van der Waals surface area contributed by atoms with Crippen molar-refractivity contribution in [2.45, 2.75) is 19.4 Å². The molecule has 0 aromatic heterocycles. The Hall–Kier alpha value is -1.26. The number of rotatable bonds is 5. The highest BCUT2D eigenvalue weighted by Crippen LogP contribution is 2.24. The number of halogens is 1. The van der Waals surface area contributed by atoms with E-state index in [1.165, 1.54) is 0 Å². The van der Waals surface area contributed by atoms with Gasteiger partial charge >= 0.3 is 5.97 Å². The molecule has 94 valence electrons. The molecular formula is C12H16ClNO3. The Morgan fingerprint density at radius 3 is 2.82 bits per heavy atom. The lowest BCUT2D eigenvalue weighted by molar-refractivity contribution is -0.144. The average molecular weight is 258 g/mol. The van der Waals surface area contributed by atoms with Crippen molar-refractivity contribution in [3.8, 4) is 5.75 Å². The molecule has 0 saturated heterocycles. The van der Waals surface area contributed by atoms with Crippen molar-refractivity contribution in [1.29, 1.82) is 0 Å². The second kappa shape index (κ2) is 6.47. The quantitative estimate of drug-likeness (QED) is 0.817. The van der Waals surface area contributed by atoms with E-state index in [0.717, 1.165) is 5.56 Å². The number of esters is 1. The van der Waals surface area contributed by atoms with Crippen molar-refractivity contribution < 1.29 is 14.3 Å². The van der Waals surface area contributed by atoms with Gasteiger partial charge in [-0.3, -0.25) is 4.79 Å². The van der Waals surface area contributed by atoms with Crippen LogP contribution in [0.4, 0.5) is 0 Å². The van der Waals surface area contributed by atoms with E-state index in [0.29, 0.717) is 23.8 Å². The summed E-state index contributed by atoms with van der Waals surface area (Å²) in [4.78, 5) is 11.4. The number of ether oxygens (including phenoxy) is 2. The van der Waals surface area contributed by atoms with Crippen molar-refractivity contribution >= 4 is 17.6 Å². The molecule has 0 saturated carbocycles. The number of methoxy groups -OCH3 is 1. The van der Waals surface area contributed by atoms with Crippen molar-refractivity contribution in [1.82, 2.24) is 0 Å². The van der Waals surface area contributed by atoms with Gasteiger partial charge in [-0.2, -0.15) is 0 Å². The van der Waals surface area contributed by atoms with Gasteiger partial charge in [-0.25, -0.2) is 0 Å². The summed E-state index contributed by atoms with van der Waals surface area (Å²) in [6, 6.07) is 4.52. The highest BCUT2D eigenvalue weighted by Gasteiger charge is 2.17. The number of nitrogens with two attached hydrogens (primary N) is 1. The lowest BCUT2D eigenvalue weighted by atomic mass is 10.1. The Balaban J connectivity index is 2.77. The molecule has 2 N–H and O–H groups in total. The maximum Gasteiger partial charge on any atom is 0.323 e. The third-order valence-electron chi connectivity index (χ3n) is 2.28. The van der Waals surface area contributed by atoms with Crippen LogP contribution in [-0.4, -0.2) is 25.7 Å². The van der Waals surface area contributed by atoms with Gasteiger partial charge in [0.1, 0.15) is 11.8 Å². The molecule has 0 bridgehead atoms. The monoisotopic (exact) mass is 257 g/mol. The molecular weight excluding hydrogens is 242 g/mol. The Bertz CT molecular complexity index is 395. The minimum Gasteiger partial charge on any atom is -0.496 e. The van der Waals surface area contributed by atoms with E-state index in [-0.39, 0.29) is 0 Å². The van der Waals surface area contributed by atoms with Crippen molar-refractivity contribution in [3.63, 3.8) is 0 Å².